The number of hydrogen-bond acceptors (Lipinski definition) is 6. The van der Waals surface area contributed by atoms with E-state index in [0.29, 0.717) is 11.1 Å². The summed E-state index contributed by atoms with van der Waals surface area (Å²) in [6, 6.07) is 5.80. The Balaban J connectivity index is 1.51. The van der Waals surface area contributed by atoms with E-state index in [-0.39, 0.29) is 23.5 Å². The Bertz CT molecular complexity index is 1270. The van der Waals surface area contributed by atoms with Gasteiger partial charge in [0.2, 0.25) is 10.0 Å². The molecule has 2 aromatic heterocycles. The van der Waals surface area contributed by atoms with E-state index in [1.807, 2.05) is 0 Å². The lowest BCUT2D eigenvalue weighted by atomic mass is 9.97. The molecule has 148 valence electrons. The molecule has 0 fully saturated rings. The van der Waals surface area contributed by atoms with Crippen LogP contribution in [0.3, 0.4) is 0 Å². The van der Waals surface area contributed by atoms with Crippen LogP contribution in [0.25, 0.3) is 11.1 Å². The van der Waals surface area contributed by atoms with Crippen LogP contribution in [0, 0.1) is 0 Å². The zero-order valence-electron chi connectivity index (χ0n) is 15.3. The second-order valence-electron chi connectivity index (χ2n) is 6.84. The van der Waals surface area contributed by atoms with Crippen molar-refractivity contribution in [2.24, 2.45) is 7.05 Å². The molecule has 0 amide bonds. The van der Waals surface area contributed by atoms with Crippen molar-refractivity contribution < 1.29 is 12.8 Å². The number of benzene rings is 1. The molecule has 0 saturated carbocycles. The van der Waals surface area contributed by atoms with Gasteiger partial charge in [-0.1, -0.05) is 0 Å². The number of nitrogens with zero attached hydrogens (tertiary/aromatic N) is 3. The van der Waals surface area contributed by atoms with Crippen molar-refractivity contribution in [3.63, 3.8) is 0 Å². The van der Waals surface area contributed by atoms with Gasteiger partial charge in [0.05, 0.1) is 22.7 Å². The smallest absolute Gasteiger partial charge is 0.408 e. The first-order chi connectivity index (χ1) is 13.3. The molecular formula is C18H20N4O5S. The summed E-state index contributed by atoms with van der Waals surface area (Å²) < 4.78 is 35.2. The van der Waals surface area contributed by atoms with Gasteiger partial charge in [0, 0.05) is 19.7 Å². The van der Waals surface area contributed by atoms with Crippen LogP contribution >= 0.6 is 0 Å². The molecule has 0 bridgehead atoms. The maximum atomic E-state index is 12.6. The number of aromatic nitrogens is 3. The van der Waals surface area contributed by atoms with Crippen LogP contribution in [0.5, 0.6) is 0 Å². The number of nitrogens with one attached hydrogen (secondary N) is 1. The SMILES string of the molecule is Cn1c(=O)oc2ccc(S(=O)(=O)NCCn3nc4c(cc3=O)CCCC4)cc21. The number of hydrogen-bond donors (Lipinski definition) is 1. The third-order valence-corrected chi connectivity index (χ3v) is 6.42. The van der Waals surface area contributed by atoms with Crippen LogP contribution in [-0.4, -0.2) is 29.3 Å². The second kappa shape index (κ2) is 7.02. The van der Waals surface area contributed by atoms with Gasteiger partial charge in [-0.15, -0.1) is 0 Å². The van der Waals surface area contributed by atoms with Gasteiger partial charge in [0.25, 0.3) is 5.56 Å². The molecule has 0 saturated heterocycles. The fourth-order valence-electron chi connectivity index (χ4n) is 3.40. The molecule has 2 heterocycles. The van der Waals surface area contributed by atoms with Crippen molar-refractivity contribution in [2.45, 2.75) is 37.1 Å². The Kier molecular flexibility index (Phi) is 4.68. The average Bonchev–Trinajstić information content (AvgIpc) is 2.95. The number of sulfonamides is 1. The zero-order valence-corrected chi connectivity index (χ0v) is 16.2. The predicted molar refractivity (Wildman–Crippen MR) is 102 cm³/mol. The average molecular weight is 404 g/mol. The molecule has 0 spiro atoms. The minimum atomic E-state index is -3.81. The van der Waals surface area contributed by atoms with Crippen molar-refractivity contribution in [3.05, 3.63) is 56.4 Å². The molecular weight excluding hydrogens is 384 g/mol. The minimum absolute atomic E-state index is 0.0159. The van der Waals surface area contributed by atoms with E-state index in [2.05, 4.69) is 9.82 Å². The van der Waals surface area contributed by atoms with Crippen LogP contribution in [0.4, 0.5) is 0 Å². The van der Waals surface area contributed by atoms with Gasteiger partial charge in [0.1, 0.15) is 0 Å². The first-order valence-corrected chi connectivity index (χ1v) is 10.5. The van der Waals surface area contributed by atoms with Gasteiger partial charge in [-0.05, 0) is 49.4 Å². The normalized spacial score (nSPS) is 14.3. The molecule has 0 radical (unpaired) electrons. The van der Waals surface area contributed by atoms with E-state index in [4.69, 9.17) is 4.42 Å². The highest BCUT2D eigenvalue weighted by Crippen LogP contribution is 2.18. The van der Waals surface area contributed by atoms with Crippen molar-refractivity contribution in [3.8, 4) is 0 Å². The van der Waals surface area contributed by atoms with Gasteiger partial charge in [-0.3, -0.25) is 9.36 Å². The molecule has 3 aromatic rings. The fraction of sp³-hybridized carbons (Fsp3) is 0.389. The molecule has 0 aliphatic heterocycles. The van der Waals surface area contributed by atoms with E-state index in [1.54, 1.807) is 6.07 Å². The summed E-state index contributed by atoms with van der Waals surface area (Å²) >= 11 is 0. The van der Waals surface area contributed by atoms with Gasteiger partial charge in [0.15, 0.2) is 5.58 Å². The Morgan fingerprint density at radius 1 is 1.18 bits per heavy atom. The summed E-state index contributed by atoms with van der Waals surface area (Å²) in [5.74, 6) is -0.560. The van der Waals surface area contributed by atoms with Crippen molar-refractivity contribution in [1.82, 2.24) is 19.1 Å². The number of fused-ring (bicyclic) bond motifs is 2. The highest BCUT2D eigenvalue weighted by molar-refractivity contribution is 7.89. The van der Waals surface area contributed by atoms with E-state index < -0.39 is 15.8 Å². The summed E-state index contributed by atoms with van der Waals surface area (Å²) in [5, 5.41) is 4.38. The first-order valence-electron chi connectivity index (χ1n) is 9.04. The predicted octanol–water partition coefficient (Wildman–Crippen LogP) is 0.545. The highest BCUT2D eigenvalue weighted by Gasteiger charge is 2.17. The molecule has 1 N–H and O–H groups in total. The summed E-state index contributed by atoms with van der Waals surface area (Å²) in [6.07, 6.45) is 3.81. The molecule has 10 heteroatoms. The van der Waals surface area contributed by atoms with E-state index >= 15 is 0 Å². The van der Waals surface area contributed by atoms with Gasteiger partial charge >= 0.3 is 5.76 Å². The van der Waals surface area contributed by atoms with Crippen LogP contribution in [0.2, 0.25) is 0 Å². The van der Waals surface area contributed by atoms with E-state index in [0.717, 1.165) is 36.9 Å². The van der Waals surface area contributed by atoms with Gasteiger partial charge < -0.3 is 4.42 Å². The standard InChI is InChI=1S/C18H20N4O5S/c1-21-15-11-13(6-7-16(15)27-18(21)24)28(25,26)19-8-9-22-17(23)10-12-4-2-3-5-14(12)20-22/h6-7,10-11,19H,2-5,8-9H2,1H3. The van der Waals surface area contributed by atoms with Crippen LogP contribution in [-0.2, 0) is 36.5 Å². The summed E-state index contributed by atoms with van der Waals surface area (Å²) in [7, 11) is -2.30. The summed E-state index contributed by atoms with van der Waals surface area (Å²) in [6.45, 7) is 0.161. The van der Waals surface area contributed by atoms with E-state index in [9.17, 15) is 18.0 Å². The first kappa shape index (κ1) is 18.6. The minimum Gasteiger partial charge on any atom is -0.408 e. The summed E-state index contributed by atoms with van der Waals surface area (Å²) in [5.41, 5.74) is 2.39. The lowest BCUT2D eigenvalue weighted by molar-refractivity contribution is 0.526. The Morgan fingerprint density at radius 2 is 1.96 bits per heavy atom. The Hall–Kier alpha value is -2.72. The van der Waals surface area contributed by atoms with Crippen LogP contribution < -0.4 is 16.0 Å². The van der Waals surface area contributed by atoms with E-state index in [1.165, 1.54) is 34.5 Å². The fourth-order valence-corrected chi connectivity index (χ4v) is 4.44. The number of oxazole rings is 1. The van der Waals surface area contributed by atoms with Gasteiger partial charge in [-0.2, -0.15) is 5.10 Å². The van der Waals surface area contributed by atoms with Crippen molar-refractivity contribution in [1.29, 1.82) is 0 Å². The molecule has 0 unspecified atom stereocenters. The third kappa shape index (κ3) is 3.40. The molecule has 1 aliphatic rings. The Morgan fingerprint density at radius 3 is 2.79 bits per heavy atom. The maximum Gasteiger partial charge on any atom is 0.419 e. The van der Waals surface area contributed by atoms with Crippen molar-refractivity contribution >= 4 is 21.1 Å². The molecule has 9 nitrogen and oxygen atoms in total. The largest absolute Gasteiger partial charge is 0.419 e. The molecule has 0 atom stereocenters. The Labute approximate surface area is 160 Å². The van der Waals surface area contributed by atoms with Gasteiger partial charge in [-0.25, -0.2) is 22.6 Å². The second-order valence-corrected chi connectivity index (χ2v) is 8.61. The monoisotopic (exact) mass is 404 g/mol. The third-order valence-electron chi connectivity index (χ3n) is 4.96. The number of rotatable bonds is 5. The van der Waals surface area contributed by atoms with Crippen LogP contribution in [0.1, 0.15) is 24.1 Å². The molecule has 28 heavy (non-hydrogen) atoms. The zero-order chi connectivity index (χ0) is 19.9. The lowest BCUT2D eigenvalue weighted by Gasteiger charge is -2.16. The van der Waals surface area contributed by atoms with Crippen molar-refractivity contribution in [2.75, 3.05) is 6.54 Å². The lowest BCUT2D eigenvalue weighted by Crippen LogP contribution is -2.33. The topological polar surface area (TPSA) is 116 Å². The molecule has 1 aromatic carbocycles. The highest BCUT2D eigenvalue weighted by atomic mass is 32.2. The quantitative estimate of drug-likeness (QED) is 0.664. The summed E-state index contributed by atoms with van der Waals surface area (Å²) in [4.78, 5) is 23.8. The maximum absolute atomic E-state index is 12.6. The van der Waals surface area contributed by atoms with Crippen LogP contribution in [0.15, 0.2) is 43.2 Å². The molecule has 4 rings (SSSR count). The molecule has 1 aliphatic carbocycles. The number of aryl methyl sites for hydroxylation is 3.